The quantitative estimate of drug-likeness (QED) is 0.584. The van der Waals surface area contributed by atoms with Crippen LogP contribution in [0.4, 0.5) is 0 Å². The van der Waals surface area contributed by atoms with Crippen LogP contribution in [0.1, 0.15) is 59.6 Å². The van der Waals surface area contributed by atoms with Gasteiger partial charge in [0.1, 0.15) is 10.7 Å². The monoisotopic (exact) mass is 491 g/mol. The smallest absolute Gasteiger partial charge is 0.271 e. The van der Waals surface area contributed by atoms with Crippen LogP contribution in [0.2, 0.25) is 0 Å². The zero-order chi connectivity index (χ0) is 22.0. The SMILES string of the molecule is Cc1c(Br)c(C(=O)Nn2c(C)nc3sc4c(c3c2=O)CC[C@H](C(C)(C)C)C4)nn1C. The van der Waals surface area contributed by atoms with Crippen molar-refractivity contribution in [2.45, 2.75) is 53.9 Å². The van der Waals surface area contributed by atoms with Crippen molar-refractivity contribution < 1.29 is 4.79 Å². The predicted molar refractivity (Wildman–Crippen MR) is 123 cm³/mol. The number of carbonyl (C=O) groups is 1. The summed E-state index contributed by atoms with van der Waals surface area (Å²) in [6.07, 6.45) is 2.91. The number of halogens is 1. The van der Waals surface area contributed by atoms with E-state index in [1.807, 2.05) is 6.92 Å². The molecule has 30 heavy (non-hydrogen) atoms. The van der Waals surface area contributed by atoms with Crippen molar-refractivity contribution >= 4 is 43.4 Å². The van der Waals surface area contributed by atoms with Crippen LogP contribution in [0, 0.1) is 25.2 Å². The Labute approximate surface area is 187 Å². The minimum Gasteiger partial charge on any atom is -0.271 e. The lowest BCUT2D eigenvalue weighted by atomic mass is 9.72. The number of nitrogens with one attached hydrogen (secondary N) is 1. The van der Waals surface area contributed by atoms with Gasteiger partial charge in [-0.2, -0.15) is 5.10 Å². The van der Waals surface area contributed by atoms with E-state index in [9.17, 15) is 9.59 Å². The zero-order valence-electron chi connectivity index (χ0n) is 18.1. The van der Waals surface area contributed by atoms with Crippen LogP contribution in [-0.4, -0.2) is 25.3 Å². The average molecular weight is 492 g/mol. The van der Waals surface area contributed by atoms with Gasteiger partial charge in [0.25, 0.3) is 11.5 Å². The number of fused-ring (bicyclic) bond motifs is 3. The Balaban J connectivity index is 1.75. The van der Waals surface area contributed by atoms with E-state index >= 15 is 0 Å². The van der Waals surface area contributed by atoms with Crippen LogP contribution in [0.5, 0.6) is 0 Å². The lowest BCUT2D eigenvalue weighted by Crippen LogP contribution is -2.36. The molecule has 1 aliphatic rings. The van der Waals surface area contributed by atoms with E-state index in [0.29, 0.717) is 21.6 Å². The fourth-order valence-electron chi connectivity index (χ4n) is 4.08. The summed E-state index contributed by atoms with van der Waals surface area (Å²) < 4.78 is 3.49. The van der Waals surface area contributed by atoms with E-state index in [4.69, 9.17) is 0 Å². The highest BCUT2D eigenvalue weighted by Crippen LogP contribution is 2.42. The number of thiophene rings is 1. The summed E-state index contributed by atoms with van der Waals surface area (Å²) in [4.78, 5) is 32.9. The molecule has 3 aromatic heterocycles. The lowest BCUT2D eigenvalue weighted by Gasteiger charge is -2.33. The molecular formula is C21H26BrN5O2S. The van der Waals surface area contributed by atoms with Crippen LogP contribution < -0.4 is 11.0 Å². The summed E-state index contributed by atoms with van der Waals surface area (Å²) >= 11 is 5.03. The second kappa shape index (κ2) is 7.30. The molecule has 7 nitrogen and oxygen atoms in total. The average Bonchev–Trinajstić information content (AvgIpc) is 3.15. The number of nitrogens with zero attached hydrogens (tertiary/aromatic N) is 4. The Hall–Kier alpha value is -2.00. The largest absolute Gasteiger partial charge is 0.291 e. The highest BCUT2D eigenvalue weighted by atomic mass is 79.9. The Morgan fingerprint density at radius 1 is 1.30 bits per heavy atom. The minimum atomic E-state index is -0.450. The molecule has 3 aromatic rings. The zero-order valence-corrected chi connectivity index (χ0v) is 20.5. The summed E-state index contributed by atoms with van der Waals surface area (Å²) in [6, 6.07) is 0. The molecular weight excluding hydrogens is 466 g/mol. The first-order chi connectivity index (χ1) is 14.0. The predicted octanol–water partition coefficient (Wildman–Crippen LogP) is 4.11. The first-order valence-corrected chi connectivity index (χ1v) is 11.6. The number of aromatic nitrogens is 4. The number of hydrogen-bond donors (Lipinski definition) is 1. The molecule has 0 spiro atoms. The molecule has 0 radical (unpaired) electrons. The van der Waals surface area contributed by atoms with Gasteiger partial charge in [-0.15, -0.1) is 11.3 Å². The highest BCUT2D eigenvalue weighted by molar-refractivity contribution is 9.10. The van der Waals surface area contributed by atoms with E-state index in [2.05, 4.69) is 52.2 Å². The molecule has 1 atom stereocenters. The van der Waals surface area contributed by atoms with Gasteiger partial charge in [-0.1, -0.05) is 20.8 Å². The number of hydrogen-bond acceptors (Lipinski definition) is 5. The maximum absolute atomic E-state index is 13.4. The molecule has 1 aliphatic carbocycles. The highest BCUT2D eigenvalue weighted by Gasteiger charge is 2.32. The van der Waals surface area contributed by atoms with Gasteiger partial charge < -0.3 is 0 Å². The van der Waals surface area contributed by atoms with Crippen LogP contribution in [0.3, 0.4) is 0 Å². The fraction of sp³-hybridized carbons (Fsp3) is 0.524. The summed E-state index contributed by atoms with van der Waals surface area (Å²) in [5, 5.41) is 4.89. The van der Waals surface area contributed by atoms with E-state index in [-0.39, 0.29) is 16.7 Å². The summed E-state index contributed by atoms with van der Waals surface area (Å²) in [7, 11) is 1.77. The third kappa shape index (κ3) is 3.41. The van der Waals surface area contributed by atoms with Crippen molar-refractivity contribution in [3.63, 3.8) is 0 Å². The van der Waals surface area contributed by atoms with Crippen molar-refractivity contribution in [1.82, 2.24) is 19.4 Å². The third-order valence-corrected chi connectivity index (χ3v) is 8.26. The van der Waals surface area contributed by atoms with Crippen molar-refractivity contribution in [3.05, 3.63) is 42.5 Å². The fourth-order valence-corrected chi connectivity index (χ4v) is 5.93. The van der Waals surface area contributed by atoms with Gasteiger partial charge in [0, 0.05) is 11.9 Å². The molecule has 0 aliphatic heterocycles. The van der Waals surface area contributed by atoms with Gasteiger partial charge in [0.05, 0.1) is 15.6 Å². The molecule has 0 bridgehead atoms. The Morgan fingerprint density at radius 3 is 2.60 bits per heavy atom. The molecule has 0 saturated heterocycles. The normalized spacial score (nSPS) is 16.7. The molecule has 3 heterocycles. The molecule has 1 N–H and O–H groups in total. The first kappa shape index (κ1) is 21.2. The van der Waals surface area contributed by atoms with Crippen LogP contribution >= 0.6 is 27.3 Å². The molecule has 0 fully saturated rings. The molecule has 4 rings (SSSR count). The van der Waals surface area contributed by atoms with Crippen molar-refractivity contribution in [3.8, 4) is 0 Å². The summed E-state index contributed by atoms with van der Waals surface area (Å²) in [5.74, 6) is 0.593. The van der Waals surface area contributed by atoms with Gasteiger partial charge in [0.2, 0.25) is 0 Å². The van der Waals surface area contributed by atoms with Crippen LogP contribution in [0.15, 0.2) is 9.27 Å². The molecule has 0 aromatic carbocycles. The molecule has 160 valence electrons. The topological polar surface area (TPSA) is 81.8 Å². The third-order valence-electron chi connectivity index (χ3n) is 6.16. The number of rotatable bonds is 2. The van der Waals surface area contributed by atoms with E-state index in [1.54, 1.807) is 30.0 Å². The van der Waals surface area contributed by atoms with Gasteiger partial charge in [-0.05, 0) is 65.9 Å². The number of aryl methyl sites for hydroxylation is 3. The standard InChI is InChI=1S/C21H26BrN5O2S/c1-10-16(22)17(24-26(10)6)18(28)25-27-11(2)23-19-15(20(27)29)13-8-7-12(21(3,4)5)9-14(13)30-19/h12H,7-9H2,1-6H3,(H,25,28)/t12-/m0/s1. The Morgan fingerprint density at radius 2 is 2.00 bits per heavy atom. The van der Waals surface area contributed by atoms with Crippen LogP contribution in [0.25, 0.3) is 10.2 Å². The number of amides is 1. The van der Waals surface area contributed by atoms with Crippen molar-refractivity contribution in [2.75, 3.05) is 5.43 Å². The maximum Gasteiger partial charge on any atom is 0.291 e. The maximum atomic E-state index is 13.4. The van der Waals surface area contributed by atoms with E-state index in [0.717, 1.165) is 35.4 Å². The summed E-state index contributed by atoms with van der Waals surface area (Å²) in [5.41, 5.74) is 4.89. The van der Waals surface area contributed by atoms with Crippen LogP contribution in [-0.2, 0) is 19.9 Å². The second-order valence-corrected chi connectivity index (χ2v) is 11.0. The summed E-state index contributed by atoms with van der Waals surface area (Å²) in [6.45, 7) is 10.4. The van der Waals surface area contributed by atoms with Gasteiger partial charge >= 0.3 is 0 Å². The van der Waals surface area contributed by atoms with E-state index < -0.39 is 5.91 Å². The molecule has 0 unspecified atom stereocenters. The van der Waals surface area contributed by atoms with Crippen molar-refractivity contribution in [2.24, 2.45) is 18.4 Å². The van der Waals surface area contributed by atoms with E-state index in [1.165, 1.54) is 9.55 Å². The second-order valence-electron chi connectivity index (χ2n) is 9.10. The lowest BCUT2D eigenvalue weighted by molar-refractivity contribution is 0.1000. The van der Waals surface area contributed by atoms with Crippen molar-refractivity contribution in [1.29, 1.82) is 0 Å². The van der Waals surface area contributed by atoms with Gasteiger partial charge in [-0.25, -0.2) is 9.66 Å². The molecule has 1 amide bonds. The van der Waals surface area contributed by atoms with Gasteiger partial charge in [-0.3, -0.25) is 19.7 Å². The van der Waals surface area contributed by atoms with Gasteiger partial charge in [0.15, 0.2) is 5.69 Å². The molecule has 0 saturated carbocycles. The Bertz CT molecular complexity index is 1230. The first-order valence-electron chi connectivity index (χ1n) is 10.0. The minimum absolute atomic E-state index is 0.221. The Kier molecular flexibility index (Phi) is 5.17. The molecule has 9 heteroatoms. The number of carbonyl (C=O) groups excluding carboxylic acids is 1.